The predicted octanol–water partition coefficient (Wildman–Crippen LogP) is 4.48. The van der Waals surface area contributed by atoms with Crippen molar-refractivity contribution in [1.82, 2.24) is 19.5 Å². The number of nitrogens with zero attached hydrogens (tertiary/aromatic N) is 5. The number of imidazole rings is 1. The predicted molar refractivity (Wildman–Crippen MR) is 110 cm³/mol. The lowest BCUT2D eigenvalue weighted by Gasteiger charge is -2.22. The zero-order valence-electron chi connectivity index (χ0n) is 15.5. The molecule has 7 nitrogen and oxygen atoms in total. The number of benzene rings is 2. The third-order valence-electron chi connectivity index (χ3n) is 4.71. The van der Waals surface area contributed by atoms with Crippen molar-refractivity contribution in [2.45, 2.75) is 0 Å². The molecule has 0 saturated carbocycles. The molecule has 1 aliphatic heterocycles. The molecule has 0 radical (unpaired) electrons. The minimum atomic E-state index is 0.233. The van der Waals surface area contributed by atoms with E-state index in [0.29, 0.717) is 16.7 Å². The Labute approximate surface area is 172 Å². The molecule has 2 aromatic heterocycles. The van der Waals surface area contributed by atoms with Crippen molar-refractivity contribution in [1.29, 1.82) is 0 Å². The fraction of sp³-hybridized carbons (Fsp3) is 0.0952. The molecule has 0 saturated heterocycles. The molecule has 4 aromatic rings. The SMILES string of the molecule is CN(c1ccc2c(c1)OCO2)c1nc(-n2ccnc2)ncc1-c1ccc(Cl)cc1. The highest BCUT2D eigenvalue weighted by Crippen LogP contribution is 2.39. The number of ether oxygens (including phenoxy) is 2. The summed E-state index contributed by atoms with van der Waals surface area (Å²) < 4.78 is 12.7. The van der Waals surface area contributed by atoms with Gasteiger partial charge in [-0.3, -0.25) is 4.57 Å². The molecule has 3 heterocycles. The topological polar surface area (TPSA) is 65.3 Å². The van der Waals surface area contributed by atoms with Gasteiger partial charge in [0.2, 0.25) is 12.7 Å². The first-order valence-corrected chi connectivity index (χ1v) is 9.31. The van der Waals surface area contributed by atoms with Crippen LogP contribution in [0.4, 0.5) is 11.5 Å². The van der Waals surface area contributed by atoms with Gasteiger partial charge in [-0.15, -0.1) is 0 Å². The van der Waals surface area contributed by atoms with Crippen LogP contribution in [0.2, 0.25) is 5.02 Å². The molecular formula is C21H16ClN5O2. The van der Waals surface area contributed by atoms with Crippen molar-refractivity contribution in [2.24, 2.45) is 0 Å². The Balaban J connectivity index is 1.63. The van der Waals surface area contributed by atoms with Crippen LogP contribution < -0.4 is 14.4 Å². The molecule has 0 amide bonds. The van der Waals surface area contributed by atoms with E-state index >= 15 is 0 Å². The van der Waals surface area contributed by atoms with Crippen molar-refractivity contribution in [3.05, 3.63) is 72.4 Å². The number of hydrogen-bond donors (Lipinski definition) is 0. The van der Waals surface area contributed by atoms with Crippen molar-refractivity contribution in [2.75, 3.05) is 18.7 Å². The summed E-state index contributed by atoms with van der Waals surface area (Å²) in [7, 11) is 1.96. The van der Waals surface area contributed by atoms with E-state index in [1.54, 1.807) is 17.1 Å². The molecular weight excluding hydrogens is 390 g/mol. The van der Waals surface area contributed by atoms with Gasteiger partial charge < -0.3 is 14.4 Å². The molecule has 0 N–H and O–H groups in total. The first kappa shape index (κ1) is 17.5. The van der Waals surface area contributed by atoms with Crippen LogP contribution in [0.25, 0.3) is 17.1 Å². The molecule has 144 valence electrons. The third-order valence-corrected chi connectivity index (χ3v) is 4.96. The van der Waals surface area contributed by atoms with Crippen LogP contribution in [0.15, 0.2) is 67.4 Å². The molecule has 0 aliphatic carbocycles. The van der Waals surface area contributed by atoms with E-state index in [1.807, 2.05) is 66.8 Å². The number of aromatic nitrogens is 4. The molecule has 8 heteroatoms. The van der Waals surface area contributed by atoms with Crippen LogP contribution in [0, 0.1) is 0 Å². The highest BCUT2D eigenvalue weighted by molar-refractivity contribution is 6.30. The second-order valence-corrected chi connectivity index (χ2v) is 6.92. The highest BCUT2D eigenvalue weighted by Gasteiger charge is 2.19. The maximum atomic E-state index is 6.07. The molecule has 29 heavy (non-hydrogen) atoms. The number of rotatable bonds is 4. The van der Waals surface area contributed by atoms with Crippen LogP contribution in [-0.2, 0) is 0 Å². The first-order valence-electron chi connectivity index (χ1n) is 8.94. The fourth-order valence-corrected chi connectivity index (χ4v) is 3.30. The van der Waals surface area contributed by atoms with Gasteiger partial charge in [0.15, 0.2) is 11.5 Å². The second-order valence-electron chi connectivity index (χ2n) is 6.48. The summed E-state index contributed by atoms with van der Waals surface area (Å²) in [5.74, 6) is 2.72. The second kappa shape index (κ2) is 7.10. The zero-order chi connectivity index (χ0) is 19.8. The van der Waals surface area contributed by atoms with Crippen LogP contribution in [0.5, 0.6) is 11.5 Å². The van der Waals surface area contributed by atoms with Crippen molar-refractivity contribution < 1.29 is 9.47 Å². The lowest BCUT2D eigenvalue weighted by atomic mass is 10.1. The Morgan fingerprint density at radius 3 is 2.69 bits per heavy atom. The van der Waals surface area contributed by atoms with Gasteiger partial charge in [0.1, 0.15) is 12.1 Å². The summed E-state index contributed by atoms with van der Waals surface area (Å²) in [5, 5.41) is 0.676. The summed E-state index contributed by atoms with van der Waals surface area (Å²) in [4.78, 5) is 15.4. The van der Waals surface area contributed by atoms with Gasteiger partial charge in [-0.25, -0.2) is 9.97 Å². The summed E-state index contributed by atoms with van der Waals surface area (Å²) >= 11 is 6.07. The molecule has 0 bridgehead atoms. The summed E-state index contributed by atoms with van der Waals surface area (Å²) in [6.07, 6.45) is 6.98. The molecule has 2 aromatic carbocycles. The van der Waals surface area contributed by atoms with E-state index in [0.717, 1.165) is 28.4 Å². The monoisotopic (exact) mass is 405 g/mol. The zero-order valence-corrected chi connectivity index (χ0v) is 16.2. The molecule has 5 rings (SSSR count). The normalized spacial score (nSPS) is 12.2. The van der Waals surface area contributed by atoms with Gasteiger partial charge >= 0.3 is 0 Å². The van der Waals surface area contributed by atoms with Crippen LogP contribution >= 0.6 is 11.6 Å². The minimum absolute atomic E-state index is 0.233. The van der Waals surface area contributed by atoms with Crippen molar-refractivity contribution >= 4 is 23.1 Å². The van der Waals surface area contributed by atoms with Crippen molar-refractivity contribution in [3.8, 4) is 28.6 Å². The summed E-state index contributed by atoms with van der Waals surface area (Å²) in [5.41, 5.74) is 2.76. The quantitative estimate of drug-likeness (QED) is 0.498. The van der Waals surface area contributed by atoms with Crippen LogP contribution in [0.3, 0.4) is 0 Å². The number of anilines is 2. The molecule has 1 aliphatic rings. The Morgan fingerprint density at radius 2 is 1.90 bits per heavy atom. The van der Waals surface area contributed by atoms with E-state index in [9.17, 15) is 0 Å². The lowest BCUT2D eigenvalue weighted by Crippen LogP contribution is -2.14. The molecule has 0 fully saturated rings. The van der Waals surface area contributed by atoms with E-state index in [4.69, 9.17) is 26.1 Å². The number of hydrogen-bond acceptors (Lipinski definition) is 6. The van der Waals surface area contributed by atoms with E-state index in [2.05, 4.69) is 9.97 Å². The van der Waals surface area contributed by atoms with E-state index in [-0.39, 0.29) is 6.79 Å². The van der Waals surface area contributed by atoms with E-state index in [1.165, 1.54) is 0 Å². The number of fused-ring (bicyclic) bond motifs is 1. The highest BCUT2D eigenvalue weighted by atomic mass is 35.5. The summed E-state index contributed by atoms with van der Waals surface area (Å²) in [6, 6.07) is 13.4. The van der Waals surface area contributed by atoms with Gasteiger partial charge in [0, 0.05) is 48.0 Å². The lowest BCUT2D eigenvalue weighted by molar-refractivity contribution is 0.174. The third kappa shape index (κ3) is 3.25. The van der Waals surface area contributed by atoms with Gasteiger partial charge in [0.25, 0.3) is 0 Å². The van der Waals surface area contributed by atoms with Gasteiger partial charge in [0.05, 0.1) is 0 Å². The maximum absolute atomic E-state index is 6.07. The minimum Gasteiger partial charge on any atom is -0.454 e. The van der Waals surface area contributed by atoms with E-state index < -0.39 is 0 Å². The Morgan fingerprint density at radius 1 is 1.07 bits per heavy atom. The molecule has 0 spiro atoms. The summed E-state index contributed by atoms with van der Waals surface area (Å²) in [6.45, 7) is 0.233. The van der Waals surface area contributed by atoms with Crippen LogP contribution in [-0.4, -0.2) is 33.4 Å². The molecule has 0 unspecified atom stereocenters. The Hall–Kier alpha value is -3.58. The fourth-order valence-electron chi connectivity index (χ4n) is 3.17. The standard InChI is InChI=1S/C21H16ClN5O2/c1-26(16-6-7-18-19(10-16)29-13-28-18)20-17(14-2-4-15(22)5-3-14)11-24-21(25-20)27-9-8-23-12-27/h2-12H,13H2,1H3. The van der Waals surface area contributed by atoms with Crippen molar-refractivity contribution in [3.63, 3.8) is 0 Å². The smallest absolute Gasteiger partial charge is 0.236 e. The number of halogens is 1. The average Bonchev–Trinajstić information content (AvgIpc) is 3.45. The van der Waals surface area contributed by atoms with Gasteiger partial charge in [-0.1, -0.05) is 23.7 Å². The van der Waals surface area contributed by atoms with Crippen LogP contribution in [0.1, 0.15) is 0 Å². The maximum Gasteiger partial charge on any atom is 0.236 e. The van der Waals surface area contributed by atoms with Gasteiger partial charge in [-0.2, -0.15) is 4.98 Å². The average molecular weight is 406 g/mol. The van der Waals surface area contributed by atoms with Gasteiger partial charge in [-0.05, 0) is 29.8 Å². The Bertz CT molecular complexity index is 1160. The molecule has 0 atom stereocenters. The first-order chi connectivity index (χ1) is 14.2. The largest absolute Gasteiger partial charge is 0.454 e. The Kier molecular flexibility index (Phi) is 4.29.